The second-order valence-corrected chi connectivity index (χ2v) is 6.39. The standard InChI is InChI=1S/C16H24ClN3O2.2ClH/c1-20(2)14(12-5-3-4-6-13(12)17)11-19-15(21)16(18)7-9-22-10-8-16;;/h3-6,14H,7-11,18H2,1-2H3,(H,19,21);2*1H. The molecule has 1 aromatic rings. The summed E-state index contributed by atoms with van der Waals surface area (Å²) < 4.78 is 5.28. The van der Waals surface area contributed by atoms with Gasteiger partial charge in [0.05, 0.1) is 11.6 Å². The van der Waals surface area contributed by atoms with Crippen molar-refractivity contribution >= 4 is 42.3 Å². The molecule has 1 unspecified atom stereocenters. The Bertz CT molecular complexity index is 523. The van der Waals surface area contributed by atoms with Gasteiger partial charge in [0.2, 0.25) is 5.91 Å². The minimum absolute atomic E-state index is 0. The number of nitrogens with zero attached hydrogens (tertiary/aromatic N) is 1. The Morgan fingerprint density at radius 3 is 2.46 bits per heavy atom. The Balaban J connectivity index is 0.00000264. The largest absolute Gasteiger partial charge is 0.381 e. The molecule has 2 rings (SSSR count). The maximum Gasteiger partial charge on any atom is 0.240 e. The number of benzene rings is 1. The van der Waals surface area contributed by atoms with E-state index < -0.39 is 5.54 Å². The Kier molecular flexibility index (Phi) is 10.2. The molecule has 1 saturated heterocycles. The molecule has 24 heavy (non-hydrogen) atoms. The van der Waals surface area contributed by atoms with Crippen LogP contribution in [0.3, 0.4) is 0 Å². The van der Waals surface area contributed by atoms with Gasteiger partial charge in [-0.3, -0.25) is 4.79 Å². The smallest absolute Gasteiger partial charge is 0.240 e. The van der Waals surface area contributed by atoms with Crippen molar-refractivity contribution in [3.8, 4) is 0 Å². The molecule has 1 aromatic carbocycles. The van der Waals surface area contributed by atoms with Crippen molar-refractivity contribution in [2.45, 2.75) is 24.4 Å². The molecule has 3 N–H and O–H groups in total. The lowest BCUT2D eigenvalue weighted by Crippen LogP contribution is -2.57. The van der Waals surface area contributed by atoms with Gasteiger partial charge in [0, 0.05) is 24.8 Å². The summed E-state index contributed by atoms with van der Waals surface area (Å²) in [7, 11) is 3.93. The Hall–Kier alpha value is -0.560. The van der Waals surface area contributed by atoms with Gasteiger partial charge in [-0.2, -0.15) is 0 Å². The molecule has 8 heteroatoms. The van der Waals surface area contributed by atoms with Crippen LogP contribution in [0.4, 0.5) is 0 Å². The maximum atomic E-state index is 12.4. The van der Waals surface area contributed by atoms with Crippen LogP contribution in [0.5, 0.6) is 0 Å². The number of rotatable bonds is 5. The third-order valence-corrected chi connectivity index (χ3v) is 4.52. The van der Waals surface area contributed by atoms with Crippen molar-refractivity contribution in [2.24, 2.45) is 5.73 Å². The third-order valence-electron chi connectivity index (χ3n) is 4.18. The van der Waals surface area contributed by atoms with Crippen LogP contribution in [-0.4, -0.2) is 50.2 Å². The first-order valence-corrected chi connectivity index (χ1v) is 7.87. The zero-order valence-corrected chi connectivity index (χ0v) is 16.3. The number of halogens is 3. The number of carbonyl (C=O) groups excluding carboxylic acids is 1. The second-order valence-electron chi connectivity index (χ2n) is 5.98. The number of nitrogens with two attached hydrogens (primary N) is 1. The first-order valence-electron chi connectivity index (χ1n) is 7.50. The van der Waals surface area contributed by atoms with Crippen molar-refractivity contribution in [1.82, 2.24) is 10.2 Å². The highest BCUT2D eigenvalue weighted by Gasteiger charge is 2.36. The van der Waals surface area contributed by atoms with Crippen LogP contribution < -0.4 is 11.1 Å². The van der Waals surface area contributed by atoms with E-state index in [1.54, 1.807) is 0 Å². The molecule has 138 valence electrons. The van der Waals surface area contributed by atoms with Crippen molar-refractivity contribution in [3.05, 3.63) is 34.9 Å². The lowest BCUT2D eigenvalue weighted by Gasteiger charge is -2.33. The van der Waals surface area contributed by atoms with E-state index in [1.165, 1.54) is 0 Å². The van der Waals surface area contributed by atoms with E-state index in [2.05, 4.69) is 5.32 Å². The van der Waals surface area contributed by atoms with Crippen LogP contribution in [0.2, 0.25) is 5.02 Å². The highest BCUT2D eigenvalue weighted by molar-refractivity contribution is 6.31. The summed E-state index contributed by atoms with van der Waals surface area (Å²) >= 11 is 6.27. The van der Waals surface area contributed by atoms with Gasteiger partial charge in [-0.1, -0.05) is 29.8 Å². The molecular formula is C16H26Cl3N3O2. The average molecular weight is 399 g/mol. The van der Waals surface area contributed by atoms with Crippen LogP contribution in [0.15, 0.2) is 24.3 Å². The molecule has 0 radical (unpaired) electrons. The maximum absolute atomic E-state index is 12.4. The quantitative estimate of drug-likeness (QED) is 0.799. The lowest BCUT2D eigenvalue weighted by atomic mass is 9.90. The predicted octanol–water partition coefficient (Wildman–Crippen LogP) is 2.41. The van der Waals surface area contributed by atoms with E-state index >= 15 is 0 Å². The number of hydrogen-bond donors (Lipinski definition) is 2. The van der Waals surface area contributed by atoms with Crippen molar-refractivity contribution in [3.63, 3.8) is 0 Å². The van der Waals surface area contributed by atoms with Crippen LogP contribution in [-0.2, 0) is 9.53 Å². The molecule has 0 aromatic heterocycles. The molecular weight excluding hydrogens is 373 g/mol. The molecule has 0 bridgehead atoms. The van der Waals surface area contributed by atoms with Gasteiger partial charge in [-0.25, -0.2) is 0 Å². The van der Waals surface area contributed by atoms with E-state index in [0.717, 1.165) is 5.56 Å². The fraction of sp³-hybridized carbons (Fsp3) is 0.562. The van der Waals surface area contributed by atoms with Gasteiger partial charge in [0.1, 0.15) is 0 Å². The topological polar surface area (TPSA) is 67.6 Å². The first kappa shape index (κ1) is 23.4. The molecule has 1 aliphatic rings. The van der Waals surface area contributed by atoms with Crippen LogP contribution in [0, 0.1) is 0 Å². The van der Waals surface area contributed by atoms with Crippen molar-refractivity contribution in [2.75, 3.05) is 33.9 Å². The van der Waals surface area contributed by atoms with Crippen LogP contribution in [0.25, 0.3) is 0 Å². The van der Waals surface area contributed by atoms with Gasteiger partial charge in [-0.15, -0.1) is 24.8 Å². The molecule has 1 atom stereocenters. The van der Waals surface area contributed by atoms with Gasteiger partial charge in [0.25, 0.3) is 0 Å². The number of ether oxygens (including phenoxy) is 1. The summed E-state index contributed by atoms with van der Waals surface area (Å²) in [5.74, 6) is -0.116. The normalized spacial score (nSPS) is 17.4. The summed E-state index contributed by atoms with van der Waals surface area (Å²) in [6, 6.07) is 7.68. The fourth-order valence-corrected chi connectivity index (χ4v) is 2.91. The zero-order valence-electron chi connectivity index (χ0n) is 14.0. The summed E-state index contributed by atoms with van der Waals surface area (Å²) in [6.07, 6.45) is 1.11. The molecule has 1 heterocycles. The summed E-state index contributed by atoms with van der Waals surface area (Å²) in [5.41, 5.74) is 6.37. The number of likely N-dealkylation sites (N-methyl/N-ethyl adjacent to an activating group) is 1. The summed E-state index contributed by atoms with van der Waals surface area (Å²) in [4.78, 5) is 14.5. The van der Waals surface area contributed by atoms with E-state index in [4.69, 9.17) is 22.1 Å². The Morgan fingerprint density at radius 2 is 1.92 bits per heavy atom. The minimum atomic E-state index is -0.824. The molecule has 1 amide bonds. The van der Waals surface area contributed by atoms with Crippen molar-refractivity contribution in [1.29, 1.82) is 0 Å². The van der Waals surface area contributed by atoms with Crippen LogP contribution >= 0.6 is 36.4 Å². The minimum Gasteiger partial charge on any atom is -0.381 e. The first-order chi connectivity index (χ1) is 10.4. The predicted molar refractivity (Wildman–Crippen MR) is 102 cm³/mol. The zero-order chi connectivity index (χ0) is 16.2. The van der Waals surface area contributed by atoms with E-state index in [0.29, 0.717) is 37.6 Å². The van der Waals surface area contributed by atoms with Crippen molar-refractivity contribution < 1.29 is 9.53 Å². The average Bonchev–Trinajstić information content (AvgIpc) is 2.49. The Labute approximate surface area is 161 Å². The molecule has 1 fully saturated rings. The molecule has 0 spiro atoms. The third kappa shape index (κ3) is 5.76. The molecule has 0 aliphatic carbocycles. The van der Waals surface area contributed by atoms with Gasteiger partial charge in [-0.05, 0) is 38.6 Å². The highest BCUT2D eigenvalue weighted by Crippen LogP contribution is 2.26. The summed E-state index contributed by atoms with van der Waals surface area (Å²) in [5, 5.41) is 3.68. The van der Waals surface area contributed by atoms with Crippen LogP contribution in [0.1, 0.15) is 24.4 Å². The van der Waals surface area contributed by atoms with Gasteiger partial charge < -0.3 is 20.7 Å². The Morgan fingerprint density at radius 1 is 1.33 bits per heavy atom. The SMILES string of the molecule is CN(C)C(CNC(=O)C1(N)CCOCC1)c1ccccc1Cl.Cl.Cl. The van der Waals surface area contributed by atoms with E-state index in [-0.39, 0.29) is 36.8 Å². The molecule has 0 saturated carbocycles. The number of nitrogens with one attached hydrogen (secondary N) is 1. The number of carbonyl (C=O) groups is 1. The monoisotopic (exact) mass is 397 g/mol. The molecule has 1 aliphatic heterocycles. The van der Waals surface area contributed by atoms with E-state index in [9.17, 15) is 4.79 Å². The summed E-state index contributed by atoms with van der Waals surface area (Å²) in [6.45, 7) is 1.53. The lowest BCUT2D eigenvalue weighted by molar-refractivity contribution is -0.130. The van der Waals surface area contributed by atoms with Gasteiger partial charge >= 0.3 is 0 Å². The highest BCUT2D eigenvalue weighted by atomic mass is 35.5. The second kappa shape index (κ2) is 10.4. The van der Waals surface area contributed by atoms with E-state index in [1.807, 2.05) is 43.3 Å². The molecule has 5 nitrogen and oxygen atoms in total. The fourth-order valence-electron chi connectivity index (χ4n) is 2.64. The number of amides is 1. The number of hydrogen-bond acceptors (Lipinski definition) is 4. The van der Waals surface area contributed by atoms with Gasteiger partial charge in [0.15, 0.2) is 0 Å².